The maximum Gasteiger partial charge on any atom is 0.137 e. The van der Waals surface area contributed by atoms with Crippen molar-refractivity contribution in [1.29, 1.82) is 0 Å². The monoisotopic (exact) mass is 251 g/mol. The number of alkyl halides is 1. The molecule has 0 aromatic heterocycles. The van der Waals surface area contributed by atoms with Crippen LogP contribution in [0.5, 0.6) is 5.75 Å². The van der Waals surface area contributed by atoms with Crippen LogP contribution < -0.4 is 10.5 Å². The van der Waals surface area contributed by atoms with Crippen molar-refractivity contribution in [3.8, 4) is 5.75 Å². The highest BCUT2D eigenvalue weighted by molar-refractivity contribution is 5.33. The first-order valence-corrected chi connectivity index (χ1v) is 6.71. The summed E-state index contributed by atoms with van der Waals surface area (Å²) in [6, 6.07) is 7.35. The first-order valence-electron chi connectivity index (χ1n) is 6.71. The number of ether oxygens (including phenoxy) is 1. The van der Waals surface area contributed by atoms with Gasteiger partial charge in [0.2, 0.25) is 0 Å². The third kappa shape index (κ3) is 3.02. The minimum absolute atomic E-state index is 0.0292. The quantitative estimate of drug-likeness (QED) is 0.891. The first kappa shape index (κ1) is 13.3. The van der Waals surface area contributed by atoms with E-state index < -0.39 is 5.67 Å². The number of halogens is 1. The van der Waals surface area contributed by atoms with Crippen molar-refractivity contribution in [2.45, 2.75) is 57.3 Å². The van der Waals surface area contributed by atoms with Crippen LogP contribution in [-0.4, -0.2) is 12.1 Å². The molecule has 100 valence electrons. The van der Waals surface area contributed by atoms with Crippen molar-refractivity contribution in [2.75, 3.05) is 0 Å². The Labute approximate surface area is 108 Å². The Morgan fingerprint density at radius 3 is 2.89 bits per heavy atom. The van der Waals surface area contributed by atoms with Gasteiger partial charge in [-0.3, -0.25) is 0 Å². The summed E-state index contributed by atoms with van der Waals surface area (Å²) in [6.07, 6.45) is 2.86. The number of hydrogen-bond acceptors (Lipinski definition) is 2. The van der Waals surface area contributed by atoms with Gasteiger partial charge in [-0.2, -0.15) is 0 Å². The maximum atomic E-state index is 14.9. The van der Waals surface area contributed by atoms with Crippen LogP contribution in [0, 0.1) is 0 Å². The number of benzene rings is 1. The molecule has 0 heterocycles. The molecule has 2 rings (SSSR count). The zero-order chi connectivity index (χ0) is 13.2. The normalized spacial score (nSPS) is 28.4. The van der Waals surface area contributed by atoms with Crippen LogP contribution in [-0.2, 0) is 5.67 Å². The lowest BCUT2D eigenvalue weighted by Gasteiger charge is -2.33. The summed E-state index contributed by atoms with van der Waals surface area (Å²) < 4.78 is 20.6. The Bertz CT molecular complexity index is 407. The van der Waals surface area contributed by atoms with E-state index in [-0.39, 0.29) is 12.1 Å². The molecule has 3 heteroatoms. The highest BCUT2D eigenvalue weighted by atomic mass is 19.1. The molecule has 0 radical (unpaired) electrons. The molecule has 2 atom stereocenters. The predicted octanol–water partition coefficient (Wildman–Crippen LogP) is 3.54. The van der Waals surface area contributed by atoms with E-state index in [9.17, 15) is 4.39 Å². The SMILES string of the molecule is CC(C)Oc1cccc(C2(F)CCCC(N)C2)c1. The molecule has 0 saturated heterocycles. The van der Waals surface area contributed by atoms with E-state index in [1.807, 2.05) is 38.1 Å². The van der Waals surface area contributed by atoms with Gasteiger partial charge in [-0.1, -0.05) is 12.1 Å². The maximum absolute atomic E-state index is 14.9. The van der Waals surface area contributed by atoms with E-state index in [1.165, 1.54) is 0 Å². The first-order chi connectivity index (χ1) is 8.49. The van der Waals surface area contributed by atoms with Gasteiger partial charge in [0.25, 0.3) is 0 Å². The third-order valence-electron chi connectivity index (χ3n) is 3.46. The zero-order valence-electron chi connectivity index (χ0n) is 11.2. The minimum Gasteiger partial charge on any atom is -0.491 e. The van der Waals surface area contributed by atoms with Gasteiger partial charge >= 0.3 is 0 Å². The summed E-state index contributed by atoms with van der Waals surface area (Å²) in [5, 5.41) is 0. The van der Waals surface area contributed by atoms with Gasteiger partial charge in [0, 0.05) is 12.5 Å². The molecule has 1 aliphatic rings. The van der Waals surface area contributed by atoms with Crippen molar-refractivity contribution < 1.29 is 9.13 Å². The van der Waals surface area contributed by atoms with Crippen LogP contribution in [0.4, 0.5) is 4.39 Å². The van der Waals surface area contributed by atoms with Crippen molar-refractivity contribution in [3.63, 3.8) is 0 Å². The molecule has 1 aliphatic carbocycles. The second-order valence-corrected chi connectivity index (χ2v) is 5.52. The number of nitrogens with two attached hydrogens (primary N) is 1. The van der Waals surface area contributed by atoms with E-state index in [4.69, 9.17) is 10.5 Å². The lowest BCUT2D eigenvalue weighted by Crippen LogP contribution is -2.36. The third-order valence-corrected chi connectivity index (χ3v) is 3.46. The molecule has 2 N–H and O–H groups in total. The topological polar surface area (TPSA) is 35.2 Å². The van der Waals surface area contributed by atoms with E-state index >= 15 is 0 Å². The Balaban J connectivity index is 2.21. The zero-order valence-corrected chi connectivity index (χ0v) is 11.2. The fourth-order valence-corrected chi connectivity index (χ4v) is 2.65. The molecule has 1 saturated carbocycles. The van der Waals surface area contributed by atoms with Crippen LogP contribution in [0.15, 0.2) is 24.3 Å². The Morgan fingerprint density at radius 2 is 2.22 bits per heavy atom. The summed E-state index contributed by atoms with van der Waals surface area (Å²) in [5.41, 5.74) is 5.32. The number of rotatable bonds is 3. The molecular formula is C15H22FNO. The largest absolute Gasteiger partial charge is 0.491 e. The molecular weight excluding hydrogens is 229 g/mol. The Morgan fingerprint density at radius 1 is 1.44 bits per heavy atom. The molecule has 0 aliphatic heterocycles. The van der Waals surface area contributed by atoms with Gasteiger partial charge in [0.15, 0.2) is 0 Å². The molecule has 0 amide bonds. The minimum atomic E-state index is -1.28. The van der Waals surface area contributed by atoms with Gasteiger partial charge in [0.1, 0.15) is 11.4 Å². The summed E-state index contributed by atoms with van der Waals surface area (Å²) in [7, 11) is 0. The molecule has 0 spiro atoms. The lowest BCUT2D eigenvalue weighted by atomic mass is 9.79. The highest BCUT2D eigenvalue weighted by Gasteiger charge is 2.37. The molecule has 0 bridgehead atoms. The average molecular weight is 251 g/mol. The van der Waals surface area contributed by atoms with Gasteiger partial charge in [-0.15, -0.1) is 0 Å². The second kappa shape index (κ2) is 5.27. The van der Waals surface area contributed by atoms with Gasteiger partial charge in [-0.25, -0.2) is 4.39 Å². The van der Waals surface area contributed by atoms with E-state index in [0.29, 0.717) is 18.4 Å². The summed E-state index contributed by atoms with van der Waals surface area (Å²) >= 11 is 0. The van der Waals surface area contributed by atoms with Crippen molar-refractivity contribution >= 4 is 0 Å². The Hall–Kier alpha value is -1.09. The fourth-order valence-electron chi connectivity index (χ4n) is 2.65. The fraction of sp³-hybridized carbons (Fsp3) is 0.600. The lowest BCUT2D eigenvalue weighted by molar-refractivity contribution is 0.0942. The van der Waals surface area contributed by atoms with Gasteiger partial charge < -0.3 is 10.5 Å². The van der Waals surface area contributed by atoms with Crippen LogP contribution in [0.1, 0.15) is 45.1 Å². The summed E-state index contributed by atoms with van der Waals surface area (Å²) in [4.78, 5) is 0. The summed E-state index contributed by atoms with van der Waals surface area (Å²) in [5.74, 6) is 0.735. The van der Waals surface area contributed by atoms with Crippen molar-refractivity contribution in [1.82, 2.24) is 0 Å². The van der Waals surface area contributed by atoms with Gasteiger partial charge in [-0.05, 0) is 50.8 Å². The van der Waals surface area contributed by atoms with Crippen molar-refractivity contribution in [3.05, 3.63) is 29.8 Å². The predicted molar refractivity (Wildman–Crippen MR) is 71.4 cm³/mol. The van der Waals surface area contributed by atoms with Crippen LogP contribution in [0.3, 0.4) is 0 Å². The summed E-state index contributed by atoms with van der Waals surface area (Å²) in [6.45, 7) is 3.93. The van der Waals surface area contributed by atoms with E-state index in [1.54, 1.807) is 0 Å². The van der Waals surface area contributed by atoms with Crippen LogP contribution in [0.2, 0.25) is 0 Å². The molecule has 1 aromatic carbocycles. The molecule has 2 nitrogen and oxygen atoms in total. The molecule has 2 unspecified atom stereocenters. The number of hydrogen-bond donors (Lipinski definition) is 1. The van der Waals surface area contributed by atoms with E-state index in [0.717, 1.165) is 18.6 Å². The standard InChI is InChI=1S/C15H22FNO/c1-11(2)18-14-7-3-5-12(9-14)15(16)8-4-6-13(17)10-15/h3,5,7,9,11,13H,4,6,8,10,17H2,1-2H3. The van der Waals surface area contributed by atoms with Crippen LogP contribution >= 0.6 is 0 Å². The van der Waals surface area contributed by atoms with Crippen LogP contribution in [0.25, 0.3) is 0 Å². The smallest absolute Gasteiger partial charge is 0.137 e. The van der Waals surface area contributed by atoms with Gasteiger partial charge in [0.05, 0.1) is 6.10 Å². The average Bonchev–Trinajstić information content (AvgIpc) is 2.28. The highest BCUT2D eigenvalue weighted by Crippen LogP contribution is 2.41. The molecule has 1 fully saturated rings. The van der Waals surface area contributed by atoms with Crippen molar-refractivity contribution in [2.24, 2.45) is 5.73 Å². The van der Waals surface area contributed by atoms with E-state index in [2.05, 4.69) is 0 Å². The molecule has 18 heavy (non-hydrogen) atoms. The molecule has 1 aromatic rings. The second-order valence-electron chi connectivity index (χ2n) is 5.52. The Kier molecular flexibility index (Phi) is 3.91.